The number of carbonyl (C=O) groups excluding carboxylic acids is 1. The van der Waals surface area contributed by atoms with Gasteiger partial charge in [0, 0.05) is 72.4 Å². The van der Waals surface area contributed by atoms with E-state index in [0.29, 0.717) is 16.7 Å². The highest BCUT2D eigenvalue weighted by atomic mass is 19.3. The van der Waals surface area contributed by atoms with E-state index in [1.807, 2.05) is 37.3 Å². The summed E-state index contributed by atoms with van der Waals surface area (Å²) in [5.41, 5.74) is 3.49. The van der Waals surface area contributed by atoms with Crippen LogP contribution < -0.4 is 0 Å². The van der Waals surface area contributed by atoms with Gasteiger partial charge in [-0.3, -0.25) is 9.78 Å². The van der Waals surface area contributed by atoms with Crippen LogP contribution in [0, 0.1) is 5.82 Å². The first-order chi connectivity index (χ1) is 16.3. The highest BCUT2D eigenvalue weighted by Crippen LogP contribution is 2.37. The van der Waals surface area contributed by atoms with E-state index in [-0.39, 0.29) is 31.5 Å². The maximum Gasteiger partial charge on any atom is 0.253 e. The van der Waals surface area contributed by atoms with Crippen LogP contribution in [0.15, 0.2) is 65.3 Å². The SMILES string of the molecule is CCc1cc2cc(-c3ccc(C(=O)N4CCC(F)(F)CC4)cc3F)cc(-c3cccnc3)c2o1. The minimum atomic E-state index is -2.75. The second kappa shape index (κ2) is 8.63. The Hall–Kier alpha value is -3.61. The van der Waals surface area contributed by atoms with Crippen LogP contribution in [0.2, 0.25) is 0 Å². The van der Waals surface area contributed by atoms with Crippen molar-refractivity contribution in [2.75, 3.05) is 13.1 Å². The molecule has 1 amide bonds. The second-order valence-electron chi connectivity index (χ2n) is 8.59. The first-order valence-electron chi connectivity index (χ1n) is 11.3. The summed E-state index contributed by atoms with van der Waals surface area (Å²) < 4.78 is 48.2. The number of nitrogens with zero attached hydrogens (tertiary/aromatic N) is 2. The molecule has 0 aliphatic carbocycles. The van der Waals surface area contributed by atoms with E-state index in [1.165, 1.54) is 11.0 Å². The zero-order valence-electron chi connectivity index (χ0n) is 18.7. The number of amides is 1. The molecule has 0 saturated carbocycles. The number of aromatic nitrogens is 1. The molecule has 174 valence electrons. The number of carbonyl (C=O) groups is 1. The largest absolute Gasteiger partial charge is 0.460 e. The fourth-order valence-electron chi connectivity index (χ4n) is 4.37. The zero-order chi connectivity index (χ0) is 23.9. The number of fused-ring (bicyclic) bond motifs is 1. The van der Waals surface area contributed by atoms with Crippen LogP contribution in [0.25, 0.3) is 33.2 Å². The van der Waals surface area contributed by atoms with E-state index >= 15 is 4.39 Å². The molecule has 0 radical (unpaired) electrons. The fraction of sp³-hybridized carbons (Fsp3) is 0.259. The minimum absolute atomic E-state index is 0.0411. The first-order valence-corrected chi connectivity index (χ1v) is 11.3. The molecule has 4 nitrogen and oxygen atoms in total. The zero-order valence-corrected chi connectivity index (χ0v) is 18.7. The number of aryl methyl sites for hydroxylation is 1. The van der Waals surface area contributed by atoms with Gasteiger partial charge >= 0.3 is 0 Å². The predicted octanol–water partition coefficient (Wildman–Crippen LogP) is 6.73. The summed E-state index contributed by atoms with van der Waals surface area (Å²) in [6, 6.07) is 13.7. The van der Waals surface area contributed by atoms with Crippen LogP contribution in [0.4, 0.5) is 13.2 Å². The van der Waals surface area contributed by atoms with Gasteiger partial charge in [0.1, 0.15) is 17.2 Å². The molecule has 1 aliphatic heterocycles. The van der Waals surface area contributed by atoms with Gasteiger partial charge in [0.25, 0.3) is 11.8 Å². The third-order valence-electron chi connectivity index (χ3n) is 6.30. The van der Waals surface area contributed by atoms with E-state index in [2.05, 4.69) is 4.98 Å². The Labute approximate surface area is 195 Å². The number of pyridine rings is 1. The van der Waals surface area contributed by atoms with Crippen LogP contribution in [-0.4, -0.2) is 34.8 Å². The van der Waals surface area contributed by atoms with Crippen LogP contribution in [0.5, 0.6) is 0 Å². The monoisotopic (exact) mass is 464 g/mol. The van der Waals surface area contributed by atoms with Crippen molar-refractivity contribution in [3.05, 3.63) is 78.1 Å². The van der Waals surface area contributed by atoms with E-state index in [9.17, 15) is 13.6 Å². The molecule has 7 heteroatoms. The predicted molar refractivity (Wildman–Crippen MR) is 124 cm³/mol. The molecule has 1 fully saturated rings. The molecular formula is C27H23F3N2O2. The van der Waals surface area contributed by atoms with Gasteiger partial charge in [0.2, 0.25) is 0 Å². The molecule has 0 atom stereocenters. The summed E-state index contributed by atoms with van der Waals surface area (Å²) in [5, 5.41) is 0.849. The van der Waals surface area contributed by atoms with Crippen LogP contribution in [-0.2, 0) is 6.42 Å². The fourth-order valence-corrected chi connectivity index (χ4v) is 4.37. The molecule has 0 spiro atoms. The number of piperidine rings is 1. The molecule has 34 heavy (non-hydrogen) atoms. The van der Waals surface area contributed by atoms with Crippen molar-refractivity contribution < 1.29 is 22.4 Å². The van der Waals surface area contributed by atoms with Gasteiger partial charge in [-0.1, -0.05) is 19.1 Å². The Kier molecular flexibility index (Phi) is 5.63. The molecule has 0 unspecified atom stereocenters. The molecule has 0 N–H and O–H groups in total. The number of hydrogen-bond donors (Lipinski definition) is 0. The third kappa shape index (κ3) is 4.18. The van der Waals surface area contributed by atoms with Gasteiger partial charge in [-0.25, -0.2) is 13.2 Å². The van der Waals surface area contributed by atoms with Gasteiger partial charge in [-0.15, -0.1) is 0 Å². The number of hydrogen-bond acceptors (Lipinski definition) is 3. The number of rotatable bonds is 4. The molecule has 1 aliphatic rings. The van der Waals surface area contributed by atoms with E-state index in [0.717, 1.165) is 28.7 Å². The normalized spacial score (nSPS) is 15.6. The molecule has 2 aromatic heterocycles. The molecule has 5 rings (SSSR count). The lowest BCUT2D eigenvalue weighted by atomic mass is 9.96. The summed E-state index contributed by atoms with van der Waals surface area (Å²) in [6.45, 7) is 1.92. The van der Waals surface area contributed by atoms with Gasteiger partial charge in [-0.2, -0.15) is 0 Å². The van der Waals surface area contributed by atoms with Crippen molar-refractivity contribution in [3.63, 3.8) is 0 Å². The summed E-state index contributed by atoms with van der Waals surface area (Å²) in [5.74, 6) is -2.91. The highest BCUT2D eigenvalue weighted by molar-refractivity contribution is 5.98. The average molecular weight is 464 g/mol. The Morgan fingerprint density at radius 2 is 1.85 bits per heavy atom. The summed E-state index contributed by atoms with van der Waals surface area (Å²) >= 11 is 0. The van der Waals surface area contributed by atoms with E-state index in [4.69, 9.17) is 4.42 Å². The van der Waals surface area contributed by atoms with Gasteiger partial charge in [0.15, 0.2) is 0 Å². The quantitative estimate of drug-likeness (QED) is 0.336. The first kappa shape index (κ1) is 22.2. The van der Waals surface area contributed by atoms with Crippen molar-refractivity contribution in [1.29, 1.82) is 0 Å². The summed E-state index contributed by atoms with van der Waals surface area (Å²) in [4.78, 5) is 18.3. The average Bonchev–Trinajstić information content (AvgIpc) is 3.27. The minimum Gasteiger partial charge on any atom is -0.460 e. The Balaban J connectivity index is 1.52. The Morgan fingerprint density at radius 1 is 1.06 bits per heavy atom. The number of likely N-dealkylation sites (tertiary alicyclic amines) is 1. The lowest BCUT2D eigenvalue weighted by molar-refractivity contribution is -0.0494. The molecular weight excluding hydrogens is 441 g/mol. The number of alkyl halides is 2. The molecule has 1 saturated heterocycles. The smallest absolute Gasteiger partial charge is 0.253 e. The lowest BCUT2D eigenvalue weighted by Gasteiger charge is -2.31. The van der Waals surface area contributed by atoms with Crippen molar-refractivity contribution in [2.45, 2.75) is 32.1 Å². The molecule has 4 aromatic rings. The summed E-state index contributed by atoms with van der Waals surface area (Å²) in [6.07, 6.45) is 3.39. The van der Waals surface area contributed by atoms with Crippen LogP contribution >= 0.6 is 0 Å². The number of benzene rings is 2. The van der Waals surface area contributed by atoms with Crippen molar-refractivity contribution in [3.8, 4) is 22.3 Å². The molecule has 0 bridgehead atoms. The van der Waals surface area contributed by atoms with Crippen molar-refractivity contribution in [2.24, 2.45) is 0 Å². The standard InChI is InChI=1S/C27H23F3N2O2/c1-2-21-13-20-12-19(14-23(25(20)34-21)18-4-3-9-31-16-18)22-6-5-17(15-24(22)28)26(33)32-10-7-27(29,30)8-11-32/h3-6,9,12-16H,2,7-8,10-11H2,1H3. The van der Waals surface area contributed by atoms with Gasteiger partial charge < -0.3 is 9.32 Å². The molecule has 2 aromatic carbocycles. The molecule has 3 heterocycles. The summed E-state index contributed by atoms with van der Waals surface area (Å²) in [7, 11) is 0. The maximum atomic E-state index is 15.3. The van der Waals surface area contributed by atoms with Gasteiger partial charge in [0.05, 0.1) is 0 Å². The second-order valence-corrected chi connectivity index (χ2v) is 8.59. The van der Waals surface area contributed by atoms with E-state index in [1.54, 1.807) is 24.5 Å². The number of furan rings is 1. The van der Waals surface area contributed by atoms with Crippen molar-refractivity contribution >= 4 is 16.9 Å². The third-order valence-corrected chi connectivity index (χ3v) is 6.30. The Morgan fingerprint density at radius 3 is 2.53 bits per heavy atom. The van der Waals surface area contributed by atoms with E-state index < -0.39 is 17.6 Å². The van der Waals surface area contributed by atoms with Gasteiger partial charge in [-0.05, 0) is 42.0 Å². The van der Waals surface area contributed by atoms with Crippen LogP contribution in [0.3, 0.4) is 0 Å². The maximum absolute atomic E-state index is 15.3. The highest BCUT2D eigenvalue weighted by Gasteiger charge is 2.35. The Bertz CT molecular complexity index is 1360. The topological polar surface area (TPSA) is 46.3 Å². The number of halogens is 3. The van der Waals surface area contributed by atoms with Crippen LogP contribution in [0.1, 0.15) is 35.9 Å². The lowest BCUT2D eigenvalue weighted by Crippen LogP contribution is -2.42. The van der Waals surface area contributed by atoms with Crippen molar-refractivity contribution in [1.82, 2.24) is 9.88 Å².